The number of hydrogen-bond donors (Lipinski definition) is 1. The summed E-state index contributed by atoms with van der Waals surface area (Å²) in [7, 11) is 0. The molecule has 0 saturated carbocycles. The van der Waals surface area contributed by atoms with E-state index in [1.807, 2.05) is 36.4 Å². The summed E-state index contributed by atoms with van der Waals surface area (Å²) in [6.07, 6.45) is 0. The van der Waals surface area contributed by atoms with Gasteiger partial charge >= 0.3 is 0 Å². The number of rotatable bonds is 3. The van der Waals surface area contributed by atoms with Gasteiger partial charge in [0.05, 0.1) is 11.0 Å². The summed E-state index contributed by atoms with van der Waals surface area (Å²) < 4.78 is 10.9. The number of imidazole rings is 1. The molecule has 0 amide bonds. The van der Waals surface area contributed by atoms with Crippen molar-refractivity contribution in [2.45, 2.75) is 10.9 Å². The summed E-state index contributed by atoms with van der Waals surface area (Å²) in [5.74, 6) is 2.48. The van der Waals surface area contributed by atoms with Crippen LogP contribution in [0.25, 0.3) is 11.0 Å². The van der Waals surface area contributed by atoms with Crippen LogP contribution in [0.2, 0.25) is 0 Å². The maximum Gasteiger partial charge on any atom is 0.231 e. The minimum Gasteiger partial charge on any atom is -0.454 e. The van der Waals surface area contributed by atoms with Crippen molar-refractivity contribution in [2.75, 3.05) is 6.79 Å². The number of nitrogens with zero attached hydrogens (tertiary/aromatic N) is 1. The highest BCUT2D eigenvalue weighted by Gasteiger charge is 2.17. The van der Waals surface area contributed by atoms with Crippen LogP contribution in [-0.2, 0) is 5.75 Å². The maximum absolute atomic E-state index is 5.51. The molecule has 3 aromatic rings. The van der Waals surface area contributed by atoms with E-state index in [9.17, 15) is 0 Å². The Balaban J connectivity index is 1.57. The first-order chi connectivity index (χ1) is 9.90. The standard InChI is InChI=1S/C15H12N2O2S/c1-2-6-12-11(5-1)16-15(17-12)20-8-10-4-3-7-13-14(10)19-9-18-13/h1-7H,8-9H2,(H,16,17). The van der Waals surface area contributed by atoms with Gasteiger partial charge in [0.2, 0.25) is 6.79 Å². The number of hydrogen-bond acceptors (Lipinski definition) is 4. The lowest BCUT2D eigenvalue weighted by Crippen LogP contribution is -1.94. The largest absolute Gasteiger partial charge is 0.454 e. The van der Waals surface area contributed by atoms with E-state index in [1.165, 1.54) is 0 Å². The molecule has 5 heteroatoms. The average Bonchev–Trinajstić information content (AvgIpc) is 3.11. The molecule has 100 valence electrons. The molecule has 0 unspecified atom stereocenters. The third-order valence-electron chi connectivity index (χ3n) is 3.21. The second kappa shape index (κ2) is 4.76. The van der Waals surface area contributed by atoms with Gasteiger partial charge < -0.3 is 14.5 Å². The Morgan fingerprint density at radius 1 is 1.10 bits per heavy atom. The molecular weight excluding hydrogens is 272 g/mol. The fourth-order valence-corrected chi connectivity index (χ4v) is 3.11. The van der Waals surface area contributed by atoms with Gasteiger partial charge in [0.1, 0.15) is 0 Å². The Bertz CT molecular complexity index is 736. The summed E-state index contributed by atoms with van der Waals surface area (Å²) in [4.78, 5) is 7.87. The van der Waals surface area contributed by atoms with Gasteiger partial charge in [-0.2, -0.15) is 0 Å². The first-order valence-electron chi connectivity index (χ1n) is 6.35. The van der Waals surface area contributed by atoms with Crippen molar-refractivity contribution in [3.05, 3.63) is 48.0 Å². The molecule has 1 aromatic heterocycles. The van der Waals surface area contributed by atoms with Crippen molar-refractivity contribution in [3.8, 4) is 11.5 Å². The normalized spacial score (nSPS) is 13.0. The molecule has 0 fully saturated rings. The molecule has 4 nitrogen and oxygen atoms in total. The predicted octanol–water partition coefficient (Wildman–Crippen LogP) is 3.58. The lowest BCUT2D eigenvalue weighted by atomic mass is 10.2. The van der Waals surface area contributed by atoms with Crippen LogP contribution < -0.4 is 9.47 Å². The van der Waals surface area contributed by atoms with Crippen LogP contribution in [0.5, 0.6) is 11.5 Å². The van der Waals surface area contributed by atoms with E-state index in [0.29, 0.717) is 6.79 Å². The van der Waals surface area contributed by atoms with Gasteiger partial charge in [-0.25, -0.2) is 4.98 Å². The molecule has 0 atom stereocenters. The number of fused-ring (bicyclic) bond motifs is 2. The fraction of sp³-hybridized carbons (Fsp3) is 0.133. The van der Waals surface area contributed by atoms with Crippen molar-refractivity contribution >= 4 is 22.8 Å². The lowest BCUT2D eigenvalue weighted by Gasteiger charge is -2.03. The molecule has 2 heterocycles. The molecule has 0 bridgehead atoms. The number of aromatic nitrogens is 2. The average molecular weight is 284 g/mol. The Kier molecular flexibility index (Phi) is 2.77. The van der Waals surface area contributed by atoms with Gasteiger partial charge in [-0.3, -0.25) is 0 Å². The molecule has 0 saturated heterocycles. The summed E-state index contributed by atoms with van der Waals surface area (Å²) >= 11 is 1.66. The molecule has 1 aliphatic heterocycles. The Morgan fingerprint density at radius 2 is 2.05 bits per heavy atom. The molecule has 0 radical (unpaired) electrons. The van der Waals surface area contributed by atoms with Gasteiger partial charge in [0.25, 0.3) is 0 Å². The van der Waals surface area contributed by atoms with Crippen molar-refractivity contribution in [2.24, 2.45) is 0 Å². The second-order valence-electron chi connectivity index (χ2n) is 4.50. The number of H-pyrrole nitrogens is 1. The number of ether oxygens (including phenoxy) is 2. The van der Waals surface area contributed by atoms with E-state index >= 15 is 0 Å². The number of thioether (sulfide) groups is 1. The van der Waals surface area contributed by atoms with Crippen molar-refractivity contribution < 1.29 is 9.47 Å². The van der Waals surface area contributed by atoms with Crippen LogP contribution in [0.4, 0.5) is 0 Å². The maximum atomic E-state index is 5.51. The highest BCUT2D eigenvalue weighted by atomic mass is 32.2. The Labute approximate surface area is 120 Å². The highest BCUT2D eigenvalue weighted by molar-refractivity contribution is 7.98. The smallest absolute Gasteiger partial charge is 0.231 e. The molecule has 1 aliphatic rings. The van der Waals surface area contributed by atoms with Crippen LogP contribution in [-0.4, -0.2) is 16.8 Å². The first-order valence-corrected chi connectivity index (χ1v) is 7.34. The van der Waals surface area contributed by atoms with Crippen LogP contribution in [0.15, 0.2) is 47.6 Å². The van der Waals surface area contributed by atoms with Crippen molar-refractivity contribution in [3.63, 3.8) is 0 Å². The summed E-state index contributed by atoms with van der Waals surface area (Å²) in [6, 6.07) is 14.0. The fourth-order valence-electron chi connectivity index (χ4n) is 2.25. The van der Waals surface area contributed by atoms with E-state index in [0.717, 1.165) is 39.0 Å². The minimum atomic E-state index is 0.307. The Morgan fingerprint density at radius 3 is 3.00 bits per heavy atom. The summed E-state index contributed by atoms with van der Waals surface area (Å²) in [6.45, 7) is 0.307. The van der Waals surface area contributed by atoms with Gasteiger partial charge in [-0.05, 0) is 18.2 Å². The molecule has 20 heavy (non-hydrogen) atoms. The zero-order chi connectivity index (χ0) is 13.4. The van der Waals surface area contributed by atoms with E-state index < -0.39 is 0 Å². The number of benzene rings is 2. The third-order valence-corrected chi connectivity index (χ3v) is 4.13. The third kappa shape index (κ3) is 2.00. The second-order valence-corrected chi connectivity index (χ2v) is 5.46. The predicted molar refractivity (Wildman–Crippen MR) is 78.2 cm³/mol. The van der Waals surface area contributed by atoms with E-state index in [2.05, 4.69) is 16.0 Å². The number of para-hydroxylation sites is 3. The number of nitrogens with one attached hydrogen (secondary N) is 1. The van der Waals surface area contributed by atoms with Crippen LogP contribution in [0, 0.1) is 0 Å². The topological polar surface area (TPSA) is 47.1 Å². The van der Waals surface area contributed by atoms with Gasteiger partial charge in [-0.15, -0.1) is 0 Å². The molecule has 2 aromatic carbocycles. The van der Waals surface area contributed by atoms with Crippen molar-refractivity contribution in [1.29, 1.82) is 0 Å². The Hall–Kier alpha value is -2.14. The first kappa shape index (κ1) is 11.7. The molecule has 4 rings (SSSR count). The monoisotopic (exact) mass is 284 g/mol. The van der Waals surface area contributed by atoms with Crippen LogP contribution in [0.3, 0.4) is 0 Å². The molecule has 0 spiro atoms. The van der Waals surface area contributed by atoms with Crippen LogP contribution >= 0.6 is 11.8 Å². The number of aromatic amines is 1. The van der Waals surface area contributed by atoms with Gasteiger partial charge in [-0.1, -0.05) is 36.0 Å². The van der Waals surface area contributed by atoms with Gasteiger partial charge in [0, 0.05) is 11.3 Å². The van der Waals surface area contributed by atoms with Gasteiger partial charge in [0.15, 0.2) is 16.7 Å². The molecule has 0 aliphatic carbocycles. The molecular formula is C15H12N2O2S. The van der Waals surface area contributed by atoms with Crippen molar-refractivity contribution in [1.82, 2.24) is 9.97 Å². The summed E-state index contributed by atoms with van der Waals surface area (Å²) in [5.41, 5.74) is 3.19. The SMILES string of the molecule is c1cc(CSc2nc3ccccc3[nH]2)c2c(c1)OCO2. The van der Waals surface area contributed by atoms with E-state index in [1.54, 1.807) is 11.8 Å². The molecule has 1 N–H and O–H groups in total. The van der Waals surface area contributed by atoms with E-state index in [-0.39, 0.29) is 0 Å². The minimum absolute atomic E-state index is 0.307. The highest BCUT2D eigenvalue weighted by Crippen LogP contribution is 2.37. The van der Waals surface area contributed by atoms with E-state index in [4.69, 9.17) is 9.47 Å². The zero-order valence-corrected chi connectivity index (χ0v) is 11.4. The summed E-state index contributed by atoms with van der Waals surface area (Å²) in [5, 5.41) is 0.919. The lowest BCUT2D eigenvalue weighted by molar-refractivity contribution is 0.173. The quantitative estimate of drug-likeness (QED) is 0.747. The zero-order valence-electron chi connectivity index (χ0n) is 10.6. The van der Waals surface area contributed by atoms with Crippen LogP contribution in [0.1, 0.15) is 5.56 Å².